The van der Waals surface area contributed by atoms with Crippen LogP contribution in [0.3, 0.4) is 0 Å². The second kappa shape index (κ2) is 16.6. The normalized spacial score (nSPS) is 11.9. The van der Waals surface area contributed by atoms with Gasteiger partial charge in [0.2, 0.25) is 0 Å². The van der Waals surface area contributed by atoms with E-state index in [0.29, 0.717) is 17.5 Å². The van der Waals surface area contributed by atoms with Crippen molar-refractivity contribution in [3.8, 4) is 73.2 Å². The molecule has 0 saturated carbocycles. The first kappa shape index (κ1) is 42.2. The van der Waals surface area contributed by atoms with Crippen LogP contribution in [0, 0.1) is 0 Å². The third-order valence-electron chi connectivity index (χ3n) is 15.1. The van der Waals surface area contributed by atoms with Gasteiger partial charge in [-0.25, -0.2) is 15.0 Å². The summed E-state index contributed by atoms with van der Waals surface area (Å²) in [6.07, 6.45) is 0. The number of benzene rings is 11. The Kier molecular flexibility index (Phi) is 9.20. The molecule has 0 amide bonds. The van der Waals surface area contributed by atoms with Crippen LogP contribution in [-0.4, -0.2) is 19.5 Å². The SMILES string of the molecule is c1ccc(-c2ccc3oc4cc(-c5nc(-c6ccccc6)nc(-c6cccc7oc8ccc(-c9cccc%10oc%11c(-c%12ccc%13c(c%12)c%12ccccc%12n%13-c%12ccccc%12)cccc%11c9%10)cc8c67)n5)ccc4c3c2)cc1. The van der Waals surface area contributed by atoms with E-state index in [4.69, 9.17) is 28.2 Å². The summed E-state index contributed by atoms with van der Waals surface area (Å²) < 4.78 is 22.4. The molecular weight excluding hydrogens is 933 g/mol. The van der Waals surface area contributed by atoms with Gasteiger partial charge in [-0.05, 0) is 107 Å². The fraction of sp³-hybridized carbons (Fsp3) is 0. The molecule has 0 bridgehead atoms. The Morgan fingerprint density at radius 1 is 0.263 bits per heavy atom. The van der Waals surface area contributed by atoms with Crippen LogP contribution in [0.5, 0.6) is 0 Å². The largest absolute Gasteiger partial charge is 0.456 e. The Balaban J connectivity index is 0.825. The van der Waals surface area contributed by atoms with Gasteiger partial charge < -0.3 is 17.8 Å². The van der Waals surface area contributed by atoms with E-state index in [2.05, 4.69) is 193 Å². The van der Waals surface area contributed by atoms with Crippen molar-refractivity contribution in [3.05, 3.63) is 243 Å². The molecule has 354 valence electrons. The smallest absolute Gasteiger partial charge is 0.164 e. The van der Waals surface area contributed by atoms with Crippen LogP contribution in [0.25, 0.3) is 161 Å². The molecule has 5 heterocycles. The average molecular weight is 973 g/mol. The van der Waals surface area contributed by atoms with Gasteiger partial charge >= 0.3 is 0 Å². The number of hydrogen-bond acceptors (Lipinski definition) is 6. The molecule has 7 heteroatoms. The molecule has 0 fully saturated rings. The molecule has 5 aromatic heterocycles. The molecule has 0 aliphatic rings. The zero-order valence-electron chi connectivity index (χ0n) is 40.6. The zero-order valence-corrected chi connectivity index (χ0v) is 40.6. The van der Waals surface area contributed by atoms with Gasteiger partial charge in [0.25, 0.3) is 0 Å². The van der Waals surface area contributed by atoms with Crippen LogP contribution in [-0.2, 0) is 0 Å². The molecule has 11 aromatic carbocycles. The second-order valence-corrected chi connectivity index (χ2v) is 19.4. The number of nitrogens with zero attached hydrogens (tertiary/aromatic N) is 4. The van der Waals surface area contributed by atoms with Crippen molar-refractivity contribution < 1.29 is 13.3 Å². The molecule has 7 nitrogen and oxygen atoms in total. The number of rotatable bonds is 7. The van der Waals surface area contributed by atoms with E-state index in [9.17, 15) is 0 Å². The highest BCUT2D eigenvalue weighted by Gasteiger charge is 2.22. The maximum Gasteiger partial charge on any atom is 0.164 e. The van der Waals surface area contributed by atoms with Crippen LogP contribution < -0.4 is 0 Å². The van der Waals surface area contributed by atoms with E-state index in [1.54, 1.807) is 0 Å². The molecule has 16 rings (SSSR count). The molecular formula is C69H40N4O3. The fourth-order valence-corrected chi connectivity index (χ4v) is 11.6. The highest BCUT2D eigenvalue weighted by Crippen LogP contribution is 2.45. The van der Waals surface area contributed by atoms with Crippen LogP contribution in [0.15, 0.2) is 256 Å². The van der Waals surface area contributed by atoms with Crippen molar-refractivity contribution in [3.63, 3.8) is 0 Å². The van der Waals surface area contributed by atoms with Crippen LogP contribution in [0.1, 0.15) is 0 Å². The van der Waals surface area contributed by atoms with E-state index in [1.807, 2.05) is 54.6 Å². The van der Waals surface area contributed by atoms with E-state index in [0.717, 1.165) is 127 Å². The van der Waals surface area contributed by atoms with Gasteiger partial charge in [-0.2, -0.15) is 0 Å². The predicted octanol–water partition coefficient (Wildman–Crippen LogP) is 18.7. The van der Waals surface area contributed by atoms with Crippen LogP contribution in [0.2, 0.25) is 0 Å². The summed E-state index contributed by atoms with van der Waals surface area (Å²) >= 11 is 0. The number of aromatic nitrogens is 4. The van der Waals surface area contributed by atoms with Crippen molar-refractivity contribution in [2.75, 3.05) is 0 Å². The molecule has 0 spiro atoms. The maximum absolute atomic E-state index is 6.90. The zero-order chi connectivity index (χ0) is 49.8. The first-order chi connectivity index (χ1) is 37.6. The average Bonchev–Trinajstić information content (AvgIpc) is 4.31. The van der Waals surface area contributed by atoms with E-state index in [-0.39, 0.29) is 0 Å². The third-order valence-corrected chi connectivity index (χ3v) is 15.1. The summed E-state index contributed by atoms with van der Waals surface area (Å²) in [6, 6.07) is 84.4. The minimum atomic E-state index is 0.540. The van der Waals surface area contributed by atoms with Crippen molar-refractivity contribution >= 4 is 87.6 Å². The highest BCUT2D eigenvalue weighted by atomic mass is 16.3. The molecule has 0 saturated heterocycles. The van der Waals surface area contributed by atoms with Crippen molar-refractivity contribution in [1.82, 2.24) is 19.5 Å². The molecule has 0 radical (unpaired) electrons. The standard InChI is InChI=1S/C69H40N4O3/c1-4-15-41(16-5-1)43-31-35-59-55(37-43)51-33-29-46(40-63(51)75-59)68-70-67(42-17-6-2-7-18-42)71-69(72-68)53-25-14-27-61-65(53)56-39-44(32-36-60(56)74-61)48-22-13-28-62-64(48)52-24-12-23-49(66(52)76-62)45-30-34-58-54(38-45)50-21-10-11-26-57(50)73(58)47-19-8-3-9-20-47/h1-40H. The van der Waals surface area contributed by atoms with Gasteiger partial charge in [0, 0.05) is 71.0 Å². The molecule has 0 aliphatic carbocycles. The molecule has 0 aliphatic heterocycles. The molecule has 0 N–H and O–H groups in total. The Morgan fingerprint density at radius 2 is 0.816 bits per heavy atom. The summed E-state index contributed by atoms with van der Waals surface area (Å²) in [5.41, 5.74) is 17.3. The van der Waals surface area contributed by atoms with E-state index < -0.39 is 0 Å². The van der Waals surface area contributed by atoms with Gasteiger partial charge in [-0.3, -0.25) is 0 Å². The maximum atomic E-state index is 6.90. The van der Waals surface area contributed by atoms with Crippen molar-refractivity contribution in [2.45, 2.75) is 0 Å². The first-order valence-corrected chi connectivity index (χ1v) is 25.5. The monoisotopic (exact) mass is 972 g/mol. The van der Waals surface area contributed by atoms with E-state index >= 15 is 0 Å². The van der Waals surface area contributed by atoms with Crippen LogP contribution in [0.4, 0.5) is 0 Å². The minimum Gasteiger partial charge on any atom is -0.456 e. The Labute approximate surface area is 434 Å². The number of para-hydroxylation sites is 3. The molecule has 0 atom stereocenters. The lowest BCUT2D eigenvalue weighted by molar-refractivity contribution is 0.668. The van der Waals surface area contributed by atoms with Gasteiger partial charge in [0.05, 0.1) is 11.0 Å². The quantitative estimate of drug-likeness (QED) is 0.158. The minimum absolute atomic E-state index is 0.540. The summed E-state index contributed by atoms with van der Waals surface area (Å²) in [7, 11) is 0. The van der Waals surface area contributed by atoms with Crippen LogP contribution >= 0.6 is 0 Å². The number of hydrogen-bond donors (Lipinski definition) is 0. The Bertz CT molecular complexity index is 4990. The number of furan rings is 3. The van der Waals surface area contributed by atoms with Crippen molar-refractivity contribution in [1.29, 1.82) is 0 Å². The van der Waals surface area contributed by atoms with E-state index in [1.165, 1.54) is 16.3 Å². The summed E-state index contributed by atoms with van der Waals surface area (Å²) in [5.74, 6) is 1.65. The lowest BCUT2D eigenvalue weighted by Crippen LogP contribution is -2.00. The lowest BCUT2D eigenvalue weighted by atomic mass is 9.95. The van der Waals surface area contributed by atoms with Gasteiger partial charge in [0.15, 0.2) is 17.5 Å². The Hall–Kier alpha value is -10.4. The Morgan fingerprint density at radius 3 is 1.64 bits per heavy atom. The van der Waals surface area contributed by atoms with Gasteiger partial charge in [0.1, 0.15) is 33.5 Å². The second-order valence-electron chi connectivity index (χ2n) is 19.4. The van der Waals surface area contributed by atoms with Gasteiger partial charge in [-0.1, -0.05) is 164 Å². The van der Waals surface area contributed by atoms with Gasteiger partial charge in [-0.15, -0.1) is 0 Å². The van der Waals surface area contributed by atoms with Crippen molar-refractivity contribution in [2.24, 2.45) is 0 Å². The summed E-state index contributed by atoms with van der Waals surface area (Å²) in [5, 5.41) is 8.48. The molecule has 16 aromatic rings. The lowest BCUT2D eigenvalue weighted by Gasteiger charge is -2.09. The number of fused-ring (bicyclic) bond motifs is 12. The fourth-order valence-electron chi connectivity index (χ4n) is 11.6. The topological polar surface area (TPSA) is 83.0 Å². The molecule has 76 heavy (non-hydrogen) atoms. The predicted molar refractivity (Wildman–Crippen MR) is 309 cm³/mol. The summed E-state index contributed by atoms with van der Waals surface area (Å²) in [4.78, 5) is 15.6. The highest BCUT2D eigenvalue weighted by molar-refractivity contribution is 6.18. The first-order valence-electron chi connectivity index (χ1n) is 25.5. The third kappa shape index (κ3) is 6.59. The summed E-state index contributed by atoms with van der Waals surface area (Å²) in [6.45, 7) is 0. The molecule has 0 unspecified atom stereocenters.